The van der Waals surface area contributed by atoms with Crippen molar-refractivity contribution in [3.8, 4) is 5.75 Å². The Morgan fingerprint density at radius 3 is 2.16 bits per heavy atom. The standard InChI is InChI=1S/C25H23F2NO3/c1-2-30-23(29)18-6-8-19(9-7-18)24(16-25(26,27)17-24)20-10-12-22(13-11-20)31-15-21-5-3-4-14-28-21/h3-14H,2,15-17H2,1H3. The normalized spacial score (nSPS) is 16.2. The molecule has 1 aliphatic rings. The molecule has 0 radical (unpaired) electrons. The van der Waals surface area contributed by atoms with Gasteiger partial charge in [0, 0.05) is 24.5 Å². The number of esters is 1. The lowest BCUT2D eigenvalue weighted by atomic mass is 9.58. The van der Waals surface area contributed by atoms with E-state index in [0.29, 0.717) is 17.9 Å². The van der Waals surface area contributed by atoms with Crippen LogP contribution >= 0.6 is 0 Å². The number of nitrogens with zero attached hydrogens (tertiary/aromatic N) is 1. The molecule has 0 amide bonds. The van der Waals surface area contributed by atoms with Crippen LogP contribution in [-0.2, 0) is 16.8 Å². The molecule has 1 aromatic heterocycles. The maximum atomic E-state index is 14.0. The molecule has 3 aromatic rings. The summed E-state index contributed by atoms with van der Waals surface area (Å²) in [7, 11) is 0. The number of ether oxygens (including phenoxy) is 2. The average Bonchev–Trinajstić information content (AvgIpc) is 2.77. The molecular formula is C25H23F2NO3. The molecular weight excluding hydrogens is 400 g/mol. The average molecular weight is 423 g/mol. The fraction of sp³-hybridized carbons (Fsp3) is 0.280. The first-order chi connectivity index (χ1) is 14.9. The van der Waals surface area contributed by atoms with Gasteiger partial charge in [0.15, 0.2) is 0 Å². The SMILES string of the molecule is CCOC(=O)c1ccc(C2(c3ccc(OCc4ccccn4)cc3)CC(F)(F)C2)cc1. The predicted octanol–water partition coefficient (Wildman–Crippen LogP) is 5.55. The third-order valence-corrected chi connectivity index (χ3v) is 5.59. The molecule has 0 saturated heterocycles. The number of hydrogen-bond acceptors (Lipinski definition) is 4. The van der Waals surface area contributed by atoms with Gasteiger partial charge in [0.25, 0.3) is 5.92 Å². The number of benzene rings is 2. The van der Waals surface area contributed by atoms with Gasteiger partial charge in [-0.2, -0.15) is 0 Å². The molecule has 1 fully saturated rings. The van der Waals surface area contributed by atoms with Crippen molar-refractivity contribution in [3.63, 3.8) is 0 Å². The Labute approximate surface area is 179 Å². The van der Waals surface area contributed by atoms with Crippen LogP contribution in [0.5, 0.6) is 5.75 Å². The fourth-order valence-corrected chi connectivity index (χ4v) is 4.06. The van der Waals surface area contributed by atoms with Crippen molar-refractivity contribution in [1.82, 2.24) is 4.98 Å². The first kappa shape index (κ1) is 21.0. The van der Waals surface area contributed by atoms with Crippen molar-refractivity contribution in [2.75, 3.05) is 6.61 Å². The van der Waals surface area contributed by atoms with Crippen molar-refractivity contribution in [2.24, 2.45) is 0 Å². The van der Waals surface area contributed by atoms with E-state index in [4.69, 9.17) is 9.47 Å². The number of hydrogen-bond donors (Lipinski definition) is 0. The van der Waals surface area contributed by atoms with Crippen LogP contribution in [0, 0.1) is 0 Å². The molecule has 0 aliphatic heterocycles. The number of halogens is 2. The van der Waals surface area contributed by atoms with Gasteiger partial charge in [-0.05, 0) is 54.4 Å². The third-order valence-electron chi connectivity index (χ3n) is 5.59. The van der Waals surface area contributed by atoms with Crippen LogP contribution in [-0.4, -0.2) is 23.5 Å². The number of rotatable bonds is 7. The number of carbonyl (C=O) groups excluding carboxylic acids is 1. The van der Waals surface area contributed by atoms with Crippen LogP contribution in [0.25, 0.3) is 0 Å². The van der Waals surface area contributed by atoms with E-state index in [1.165, 1.54) is 0 Å². The molecule has 0 N–H and O–H groups in total. The van der Waals surface area contributed by atoms with Crippen molar-refractivity contribution in [2.45, 2.75) is 37.7 Å². The molecule has 160 valence electrons. The topological polar surface area (TPSA) is 48.4 Å². The second kappa shape index (κ2) is 8.46. The molecule has 0 spiro atoms. The molecule has 0 atom stereocenters. The highest BCUT2D eigenvalue weighted by Gasteiger charge is 2.58. The van der Waals surface area contributed by atoms with Gasteiger partial charge in [-0.1, -0.05) is 30.3 Å². The van der Waals surface area contributed by atoms with Crippen molar-refractivity contribution in [3.05, 3.63) is 95.3 Å². The smallest absolute Gasteiger partial charge is 0.338 e. The molecule has 2 aromatic carbocycles. The summed E-state index contributed by atoms with van der Waals surface area (Å²) in [6.07, 6.45) is 1.16. The first-order valence-corrected chi connectivity index (χ1v) is 10.2. The van der Waals surface area contributed by atoms with Crippen molar-refractivity contribution < 1.29 is 23.0 Å². The van der Waals surface area contributed by atoms with E-state index in [9.17, 15) is 13.6 Å². The summed E-state index contributed by atoms with van der Waals surface area (Å²) in [6, 6.07) is 19.6. The van der Waals surface area contributed by atoms with E-state index in [2.05, 4.69) is 4.98 Å². The Bertz CT molecular complexity index is 1030. The summed E-state index contributed by atoms with van der Waals surface area (Å²) >= 11 is 0. The van der Waals surface area contributed by atoms with Crippen LogP contribution in [0.1, 0.15) is 46.9 Å². The Kier molecular flexibility index (Phi) is 5.72. The van der Waals surface area contributed by atoms with Gasteiger partial charge in [-0.25, -0.2) is 13.6 Å². The molecule has 6 heteroatoms. The largest absolute Gasteiger partial charge is 0.487 e. The molecule has 31 heavy (non-hydrogen) atoms. The number of pyridine rings is 1. The van der Waals surface area contributed by atoms with Crippen molar-refractivity contribution in [1.29, 1.82) is 0 Å². The van der Waals surface area contributed by atoms with Gasteiger partial charge in [0.05, 0.1) is 17.9 Å². The molecule has 0 bridgehead atoms. The maximum absolute atomic E-state index is 14.0. The zero-order chi connectivity index (χ0) is 21.9. The minimum absolute atomic E-state index is 0.271. The second-order valence-electron chi connectivity index (χ2n) is 7.72. The molecule has 1 heterocycles. The summed E-state index contributed by atoms with van der Waals surface area (Å²) in [5, 5.41) is 0. The maximum Gasteiger partial charge on any atom is 0.338 e. The van der Waals surface area contributed by atoms with E-state index < -0.39 is 17.3 Å². The highest BCUT2D eigenvalue weighted by Crippen LogP contribution is 2.57. The minimum Gasteiger partial charge on any atom is -0.487 e. The summed E-state index contributed by atoms with van der Waals surface area (Å²) in [4.78, 5) is 16.1. The highest BCUT2D eigenvalue weighted by atomic mass is 19.3. The first-order valence-electron chi connectivity index (χ1n) is 10.2. The summed E-state index contributed by atoms with van der Waals surface area (Å²) in [5.41, 5.74) is 1.98. The number of aromatic nitrogens is 1. The lowest BCUT2D eigenvalue weighted by Gasteiger charge is -2.48. The van der Waals surface area contributed by atoms with Crippen LogP contribution in [0.15, 0.2) is 72.9 Å². The summed E-state index contributed by atoms with van der Waals surface area (Å²) < 4.78 is 38.8. The Hall–Kier alpha value is -3.28. The van der Waals surface area contributed by atoms with Gasteiger partial charge < -0.3 is 9.47 Å². The zero-order valence-electron chi connectivity index (χ0n) is 17.2. The van der Waals surface area contributed by atoms with Crippen LogP contribution in [0.4, 0.5) is 8.78 Å². The van der Waals surface area contributed by atoms with Gasteiger partial charge >= 0.3 is 5.97 Å². The molecule has 1 aliphatic carbocycles. The van der Waals surface area contributed by atoms with E-state index in [-0.39, 0.29) is 19.4 Å². The monoisotopic (exact) mass is 423 g/mol. The predicted molar refractivity (Wildman–Crippen MR) is 112 cm³/mol. The van der Waals surface area contributed by atoms with E-state index in [1.807, 2.05) is 30.3 Å². The van der Waals surface area contributed by atoms with Gasteiger partial charge in [-0.15, -0.1) is 0 Å². The van der Waals surface area contributed by atoms with Gasteiger partial charge in [-0.3, -0.25) is 4.98 Å². The number of alkyl halides is 2. The van der Waals surface area contributed by atoms with E-state index in [0.717, 1.165) is 16.8 Å². The molecule has 4 nitrogen and oxygen atoms in total. The van der Waals surface area contributed by atoms with Gasteiger partial charge in [0.2, 0.25) is 0 Å². The third kappa shape index (κ3) is 4.43. The Morgan fingerprint density at radius 2 is 1.61 bits per heavy atom. The van der Waals surface area contributed by atoms with Crippen LogP contribution in [0.2, 0.25) is 0 Å². The molecule has 4 rings (SSSR count). The van der Waals surface area contributed by atoms with E-state index >= 15 is 0 Å². The molecule has 0 unspecified atom stereocenters. The summed E-state index contributed by atoms with van der Waals surface area (Å²) in [5.74, 6) is -2.49. The molecule has 1 saturated carbocycles. The fourth-order valence-electron chi connectivity index (χ4n) is 4.06. The quantitative estimate of drug-likeness (QED) is 0.468. The zero-order valence-corrected chi connectivity index (χ0v) is 17.2. The Morgan fingerprint density at radius 1 is 0.968 bits per heavy atom. The highest BCUT2D eigenvalue weighted by molar-refractivity contribution is 5.89. The van der Waals surface area contributed by atoms with Crippen molar-refractivity contribution >= 4 is 5.97 Å². The summed E-state index contributed by atoms with van der Waals surface area (Å²) in [6.45, 7) is 2.35. The minimum atomic E-state index is -2.71. The van der Waals surface area contributed by atoms with E-state index in [1.54, 1.807) is 49.5 Å². The lowest BCUT2D eigenvalue weighted by molar-refractivity contribution is -0.113. The number of carbonyl (C=O) groups is 1. The van der Waals surface area contributed by atoms with Crippen LogP contribution in [0.3, 0.4) is 0 Å². The lowest BCUT2D eigenvalue weighted by Crippen LogP contribution is -2.50. The van der Waals surface area contributed by atoms with Gasteiger partial charge in [0.1, 0.15) is 12.4 Å². The Balaban J connectivity index is 1.54. The second-order valence-corrected chi connectivity index (χ2v) is 7.72. The van der Waals surface area contributed by atoms with Crippen LogP contribution < -0.4 is 4.74 Å².